The molecule has 0 bridgehead atoms. The fourth-order valence-electron chi connectivity index (χ4n) is 2.47. The zero-order valence-corrected chi connectivity index (χ0v) is 14.7. The number of aromatic nitrogens is 2. The molecule has 2 N–H and O–H groups in total. The third kappa shape index (κ3) is 4.00. The molecule has 0 radical (unpaired) electrons. The largest absolute Gasteiger partial charge is 0.384 e. The molecule has 1 amide bonds. The first-order valence-corrected chi connectivity index (χ1v) is 7.81. The second-order valence-electron chi connectivity index (χ2n) is 7.28. The number of hydrogen-bond donors (Lipinski definition) is 2. The minimum absolute atomic E-state index is 0.00986. The molecule has 2 rings (SSSR count). The van der Waals surface area contributed by atoms with Gasteiger partial charge in [0.15, 0.2) is 0 Å². The van der Waals surface area contributed by atoms with Crippen molar-refractivity contribution in [3.8, 4) is 0 Å². The molecule has 0 saturated carbocycles. The minimum Gasteiger partial charge on any atom is -0.384 e. The Bertz CT molecular complexity index is 728. The van der Waals surface area contributed by atoms with E-state index in [1.807, 2.05) is 20.8 Å². The maximum absolute atomic E-state index is 13.0. The third-order valence-electron chi connectivity index (χ3n) is 3.84. The van der Waals surface area contributed by atoms with Crippen molar-refractivity contribution in [2.75, 3.05) is 6.54 Å². The summed E-state index contributed by atoms with van der Waals surface area (Å²) in [6.45, 7) is 7.55. The Kier molecular flexibility index (Phi) is 4.80. The second-order valence-corrected chi connectivity index (χ2v) is 7.28. The molecule has 24 heavy (non-hydrogen) atoms. The topological polar surface area (TPSA) is 67.2 Å². The first kappa shape index (κ1) is 18.1. The summed E-state index contributed by atoms with van der Waals surface area (Å²) in [6.07, 6.45) is 1.67. The summed E-state index contributed by atoms with van der Waals surface area (Å²) in [6, 6.07) is 5.58. The minimum atomic E-state index is -1.30. The lowest BCUT2D eigenvalue weighted by Gasteiger charge is -2.24. The number of benzene rings is 1. The number of carbonyl (C=O) groups excluding carboxylic acids is 1. The molecule has 0 aliphatic heterocycles. The molecule has 1 unspecified atom stereocenters. The van der Waals surface area contributed by atoms with Crippen LogP contribution >= 0.6 is 0 Å². The second kappa shape index (κ2) is 6.36. The van der Waals surface area contributed by atoms with Crippen LogP contribution < -0.4 is 5.32 Å². The van der Waals surface area contributed by atoms with E-state index >= 15 is 0 Å². The van der Waals surface area contributed by atoms with Gasteiger partial charge in [0.1, 0.15) is 11.4 Å². The zero-order valence-electron chi connectivity index (χ0n) is 14.7. The van der Waals surface area contributed by atoms with E-state index in [2.05, 4.69) is 10.4 Å². The Labute approximate surface area is 141 Å². The molecular weight excluding hydrogens is 309 g/mol. The van der Waals surface area contributed by atoms with E-state index in [-0.39, 0.29) is 23.7 Å². The van der Waals surface area contributed by atoms with Crippen LogP contribution in [0.5, 0.6) is 0 Å². The summed E-state index contributed by atoms with van der Waals surface area (Å²) < 4.78 is 14.6. The first-order valence-electron chi connectivity index (χ1n) is 7.81. The third-order valence-corrected chi connectivity index (χ3v) is 3.84. The molecule has 0 spiro atoms. The van der Waals surface area contributed by atoms with Crippen LogP contribution in [0.15, 0.2) is 30.5 Å². The number of aryl methyl sites for hydroxylation is 1. The Morgan fingerprint density at radius 1 is 1.25 bits per heavy atom. The molecule has 130 valence electrons. The number of halogens is 1. The van der Waals surface area contributed by atoms with Crippen LogP contribution in [0.4, 0.5) is 4.39 Å². The van der Waals surface area contributed by atoms with Gasteiger partial charge in [-0.1, -0.05) is 32.9 Å². The van der Waals surface area contributed by atoms with Crippen LogP contribution in [0, 0.1) is 5.82 Å². The van der Waals surface area contributed by atoms with Gasteiger partial charge in [0, 0.05) is 18.7 Å². The number of nitrogens with one attached hydrogen (secondary N) is 1. The molecular formula is C18H24FN3O2. The van der Waals surface area contributed by atoms with Crippen molar-refractivity contribution in [3.63, 3.8) is 0 Å². The highest BCUT2D eigenvalue weighted by Gasteiger charge is 2.28. The van der Waals surface area contributed by atoms with Crippen LogP contribution in [0.1, 0.15) is 49.3 Å². The highest BCUT2D eigenvalue weighted by molar-refractivity contribution is 5.95. The molecule has 1 aromatic heterocycles. The summed E-state index contributed by atoms with van der Waals surface area (Å²) in [5.74, 6) is -0.667. The fraction of sp³-hybridized carbons (Fsp3) is 0.444. The quantitative estimate of drug-likeness (QED) is 0.903. The van der Waals surface area contributed by atoms with E-state index in [4.69, 9.17) is 0 Å². The van der Waals surface area contributed by atoms with Crippen LogP contribution in [0.3, 0.4) is 0 Å². The normalized spacial score (nSPS) is 14.3. The molecule has 0 fully saturated rings. The van der Waals surface area contributed by atoms with Crippen molar-refractivity contribution in [2.45, 2.75) is 38.7 Å². The van der Waals surface area contributed by atoms with Crippen LogP contribution in [-0.2, 0) is 18.1 Å². The van der Waals surface area contributed by atoms with Crippen LogP contribution in [0.25, 0.3) is 0 Å². The van der Waals surface area contributed by atoms with E-state index in [0.717, 1.165) is 0 Å². The lowest BCUT2D eigenvalue weighted by Crippen LogP contribution is -2.39. The van der Waals surface area contributed by atoms with E-state index in [1.165, 1.54) is 24.3 Å². The number of rotatable bonds is 4. The maximum atomic E-state index is 13.0. The Balaban J connectivity index is 2.15. The molecule has 5 nitrogen and oxygen atoms in total. The average molecular weight is 333 g/mol. The maximum Gasteiger partial charge on any atom is 0.254 e. The fourth-order valence-corrected chi connectivity index (χ4v) is 2.47. The highest BCUT2D eigenvalue weighted by Crippen LogP contribution is 2.25. The van der Waals surface area contributed by atoms with Gasteiger partial charge in [0.25, 0.3) is 5.91 Å². The molecule has 0 aliphatic rings. The summed E-state index contributed by atoms with van der Waals surface area (Å²) in [4.78, 5) is 12.5. The number of hydrogen-bond acceptors (Lipinski definition) is 3. The number of carbonyl (C=O) groups is 1. The SMILES string of the molecule is Cn1cc(C(=O)NCC(C)(O)c2ccc(F)cc2)c(C(C)(C)C)n1. The van der Waals surface area contributed by atoms with Crippen LogP contribution in [0.2, 0.25) is 0 Å². The Morgan fingerprint density at radius 2 is 1.83 bits per heavy atom. The average Bonchev–Trinajstić information content (AvgIpc) is 2.87. The Morgan fingerprint density at radius 3 is 2.38 bits per heavy atom. The van der Waals surface area contributed by atoms with Gasteiger partial charge in [0.2, 0.25) is 0 Å². The highest BCUT2D eigenvalue weighted by atomic mass is 19.1. The van der Waals surface area contributed by atoms with Crippen molar-refractivity contribution in [1.82, 2.24) is 15.1 Å². The predicted octanol–water partition coefficient (Wildman–Crippen LogP) is 2.49. The summed E-state index contributed by atoms with van der Waals surface area (Å²) in [5, 5.41) is 17.7. The number of amides is 1. The van der Waals surface area contributed by atoms with Gasteiger partial charge >= 0.3 is 0 Å². The lowest BCUT2D eigenvalue weighted by molar-refractivity contribution is 0.0525. The van der Waals surface area contributed by atoms with E-state index in [1.54, 1.807) is 24.9 Å². The molecule has 1 atom stereocenters. The van der Waals surface area contributed by atoms with Gasteiger partial charge < -0.3 is 10.4 Å². The molecule has 0 aliphatic carbocycles. The van der Waals surface area contributed by atoms with Crippen molar-refractivity contribution in [2.24, 2.45) is 7.05 Å². The van der Waals surface area contributed by atoms with E-state index in [9.17, 15) is 14.3 Å². The van der Waals surface area contributed by atoms with Crippen molar-refractivity contribution < 1.29 is 14.3 Å². The van der Waals surface area contributed by atoms with Crippen molar-refractivity contribution >= 4 is 5.91 Å². The molecule has 2 aromatic rings. The van der Waals surface area contributed by atoms with Gasteiger partial charge in [-0.15, -0.1) is 0 Å². The molecule has 0 saturated heterocycles. The van der Waals surface area contributed by atoms with Crippen molar-refractivity contribution in [1.29, 1.82) is 0 Å². The number of aliphatic hydroxyl groups is 1. The molecule has 1 heterocycles. The predicted molar refractivity (Wildman–Crippen MR) is 90.2 cm³/mol. The summed E-state index contributed by atoms with van der Waals surface area (Å²) in [7, 11) is 1.76. The Hall–Kier alpha value is -2.21. The van der Waals surface area contributed by atoms with Gasteiger partial charge in [-0.2, -0.15) is 5.10 Å². The standard InChI is InChI=1S/C18H24FN3O2/c1-17(2,3)15-14(10-22(5)21-15)16(23)20-11-18(4,24)12-6-8-13(19)9-7-12/h6-10,24H,11H2,1-5H3,(H,20,23). The van der Waals surface area contributed by atoms with Crippen LogP contribution in [-0.4, -0.2) is 27.3 Å². The van der Waals surface area contributed by atoms with Gasteiger partial charge in [-0.25, -0.2) is 4.39 Å². The van der Waals surface area contributed by atoms with Gasteiger partial charge in [-0.3, -0.25) is 9.48 Å². The summed E-state index contributed by atoms with van der Waals surface area (Å²) in [5.41, 5.74) is 0.149. The van der Waals surface area contributed by atoms with Gasteiger partial charge in [0.05, 0.1) is 17.8 Å². The molecule has 6 heteroatoms. The van der Waals surface area contributed by atoms with Gasteiger partial charge in [-0.05, 0) is 24.6 Å². The zero-order chi connectivity index (χ0) is 18.1. The van der Waals surface area contributed by atoms with Crippen molar-refractivity contribution in [3.05, 3.63) is 53.1 Å². The first-order chi connectivity index (χ1) is 11.0. The van der Waals surface area contributed by atoms with E-state index < -0.39 is 5.60 Å². The number of nitrogens with zero attached hydrogens (tertiary/aromatic N) is 2. The molecule has 1 aromatic carbocycles. The smallest absolute Gasteiger partial charge is 0.254 e. The van der Waals surface area contributed by atoms with E-state index in [0.29, 0.717) is 16.8 Å². The monoisotopic (exact) mass is 333 g/mol. The lowest BCUT2D eigenvalue weighted by atomic mass is 9.89. The summed E-state index contributed by atoms with van der Waals surface area (Å²) >= 11 is 0.